The third-order valence-electron chi connectivity index (χ3n) is 5.80. The molecule has 0 aliphatic carbocycles. The van der Waals surface area contributed by atoms with Crippen LogP contribution < -0.4 is 4.90 Å². The fourth-order valence-corrected chi connectivity index (χ4v) is 5.21. The number of nitrogens with zero attached hydrogens (tertiary/aromatic N) is 3. The number of ether oxygens (including phenoxy) is 1. The van der Waals surface area contributed by atoms with Crippen molar-refractivity contribution in [3.8, 4) is 0 Å². The van der Waals surface area contributed by atoms with E-state index >= 15 is 0 Å². The third kappa shape index (κ3) is 4.02. The van der Waals surface area contributed by atoms with Crippen molar-refractivity contribution in [2.75, 3.05) is 68.9 Å². The summed E-state index contributed by atoms with van der Waals surface area (Å²) in [6, 6.07) is 8.74. The zero-order valence-corrected chi connectivity index (χ0v) is 16.3. The largest absolute Gasteiger partial charge is 0.378 e. The van der Waals surface area contributed by atoms with Gasteiger partial charge in [0.1, 0.15) is 0 Å². The molecule has 3 saturated heterocycles. The van der Waals surface area contributed by atoms with Gasteiger partial charge in [0, 0.05) is 62.5 Å². The average molecular weight is 376 g/mol. The minimum Gasteiger partial charge on any atom is -0.378 e. The number of piperidine rings is 1. The van der Waals surface area contributed by atoms with Gasteiger partial charge in [-0.1, -0.05) is 12.1 Å². The molecule has 4 rings (SSSR count). The van der Waals surface area contributed by atoms with Gasteiger partial charge in [-0.25, -0.2) is 0 Å². The van der Waals surface area contributed by atoms with Crippen LogP contribution in [0.15, 0.2) is 24.3 Å². The van der Waals surface area contributed by atoms with Crippen LogP contribution in [0.4, 0.5) is 5.69 Å². The first-order valence-corrected chi connectivity index (χ1v) is 11.0. The number of rotatable bonds is 3. The van der Waals surface area contributed by atoms with E-state index in [9.17, 15) is 4.79 Å². The Hall–Kier alpha value is -1.24. The molecule has 3 heterocycles. The summed E-state index contributed by atoms with van der Waals surface area (Å²) in [6.45, 7) is 7.38. The second-order valence-corrected chi connectivity index (χ2v) is 8.51. The van der Waals surface area contributed by atoms with Crippen LogP contribution in [0.5, 0.6) is 0 Å². The van der Waals surface area contributed by atoms with E-state index in [1.54, 1.807) is 0 Å². The highest BCUT2D eigenvalue weighted by Crippen LogP contribution is 2.26. The van der Waals surface area contributed by atoms with Crippen LogP contribution in [-0.2, 0) is 4.74 Å². The number of carbonyl (C=O) groups excluding carboxylic acids is 1. The number of anilines is 1. The first kappa shape index (κ1) is 18.1. The summed E-state index contributed by atoms with van der Waals surface area (Å²) in [6.07, 6.45) is 2.21. The van der Waals surface area contributed by atoms with E-state index in [-0.39, 0.29) is 5.91 Å². The summed E-state index contributed by atoms with van der Waals surface area (Å²) in [5, 5.41) is 0. The SMILES string of the molecule is O=C(c1ccccc1N1CCOCC1)N1CCC(N2CCSCC2)CC1. The normalized spacial score (nSPS) is 23.2. The van der Waals surface area contributed by atoms with Crippen LogP contribution in [0.2, 0.25) is 0 Å². The van der Waals surface area contributed by atoms with Gasteiger partial charge in [-0.2, -0.15) is 11.8 Å². The third-order valence-corrected chi connectivity index (χ3v) is 6.74. The summed E-state index contributed by atoms with van der Waals surface area (Å²) in [4.78, 5) is 20.2. The van der Waals surface area contributed by atoms with E-state index in [1.807, 2.05) is 18.2 Å². The van der Waals surface area contributed by atoms with Gasteiger partial charge in [-0.05, 0) is 25.0 Å². The number of hydrogen-bond donors (Lipinski definition) is 0. The molecule has 26 heavy (non-hydrogen) atoms. The molecular formula is C20H29N3O2S. The van der Waals surface area contributed by atoms with Crippen LogP contribution in [0.3, 0.4) is 0 Å². The zero-order chi connectivity index (χ0) is 17.8. The number of amides is 1. The summed E-state index contributed by atoms with van der Waals surface area (Å²) in [5.41, 5.74) is 1.92. The van der Waals surface area contributed by atoms with Crippen molar-refractivity contribution in [1.29, 1.82) is 0 Å². The van der Waals surface area contributed by atoms with Crippen molar-refractivity contribution in [3.63, 3.8) is 0 Å². The Balaban J connectivity index is 1.40. The molecule has 0 unspecified atom stereocenters. The monoisotopic (exact) mass is 375 g/mol. The maximum Gasteiger partial charge on any atom is 0.255 e. The number of thioether (sulfide) groups is 1. The maximum atomic E-state index is 13.2. The molecule has 0 bridgehead atoms. The van der Waals surface area contributed by atoms with Gasteiger partial charge in [0.25, 0.3) is 5.91 Å². The highest BCUT2D eigenvalue weighted by molar-refractivity contribution is 7.99. The number of morpholine rings is 1. The Bertz CT molecular complexity index is 607. The quantitative estimate of drug-likeness (QED) is 0.809. The van der Waals surface area contributed by atoms with Crippen LogP contribution in [0, 0.1) is 0 Å². The van der Waals surface area contributed by atoms with Gasteiger partial charge in [0.2, 0.25) is 0 Å². The standard InChI is InChI=1S/C20H29N3O2S/c24-20(18-3-1-2-4-19(18)22-9-13-25-14-10-22)23-7-5-17(6-8-23)21-11-15-26-16-12-21/h1-4,17H,5-16H2. The second kappa shape index (κ2) is 8.63. The van der Waals surface area contributed by atoms with E-state index in [0.29, 0.717) is 6.04 Å². The van der Waals surface area contributed by atoms with Gasteiger partial charge >= 0.3 is 0 Å². The molecule has 3 aliphatic rings. The molecule has 6 heteroatoms. The highest BCUT2D eigenvalue weighted by Gasteiger charge is 2.29. The molecule has 1 aromatic rings. The van der Waals surface area contributed by atoms with Crippen molar-refractivity contribution in [3.05, 3.63) is 29.8 Å². The molecule has 3 aliphatic heterocycles. The fourth-order valence-electron chi connectivity index (χ4n) is 4.28. The van der Waals surface area contributed by atoms with Gasteiger partial charge < -0.3 is 14.5 Å². The molecule has 0 spiro atoms. The molecule has 1 aromatic carbocycles. The van der Waals surface area contributed by atoms with Crippen LogP contribution in [-0.4, -0.2) is 85.7 Å². The molecule has 1 amide bonds. The van der Waals surface area contributed by atoms with E-state index < -0.39 is 0 Å². The Morgan fingerprint density at radius 2 is 1.65 bits per heavy atom. The first-order chi connectivity index (χ1) is 12.8. The molecule has 5 nitrogen and oxygen atoms in total. The molecule has 0 atom stereocenters. The van der Waals surface area contributed by atoms with Gasteiger partial charge in [-0.3, -0.25) is 9.69 Å². The second-order valence-electron chi connectivity index (χ2n) is 7.29. The van der Waals surface area contributed by atoms with Gasteiger partial charge in [-0.15, -0.1) is 0 Å². The van der Waals surface area contributed by atoms with E-state index in [1.165, 1.54) is 24.6 Å². The van der Waals surface area contributed by atoms with E-state index in [2.05, 4.69) is 32.5 Å². The summed E-state index contributed by atoms with van der Waals surface area (Å²) < 4.78 is 5.46. The zero-order valence-electron chi connectivity index (χ0n) is 15.4. The lowest BCUT2D eigenvalue weighted by atomic mass is 10.0. The number of hydrogen-bond acceptors (Lipinski definition) is 5. The van der Waals surface area contributed by atoms with E-state index in [0.717, 1.165) is 63.5 Å². The van der Waals surface area contributed by atoms with Crippen LogP contribution >= 0.6 is 11.8 Å². The lowest BCUT2D eigenvalue weighted by Gasteiger charge is -2.40. The Labute approximate surface area is 160 Å². The van der Waals surface area contributed by atoms with Crippen molar-refractivity contribution in [2.24, 2.45) is 0 Å². The Morgan fingerprint density at radius 1 is 0.962 bits per heavy atom. The minimum atomic E-state index is 0.194. The average Bonchev–Trinajstić information content (AvgIpc) is 2.75. The molecular weight excluding hydrogens is 346 g/mol. The molecule has 3 fully saturated rings. The minimum absolute atomic E-state index is 0.194. The smallest absolute Gasteiger partial charge is 0.255 e. The molecule has 0 N–H and O–H groups in total. The van der Waals surface area contributed by atoms with Gasteiger partial charge in [0.05, 0.1) is 18.8 Å². The maximum absolute atomic E-state index is 13.2. The van der Waals surface area contributed by atoms with E-state index in [4.69, 9.17) is 4.74 Å². The fraction of sp³-hybridized carbons (Fsp3) is 0.650. The lowest BCUT2D eigenvalue weighted by Crippen LogP contribution is -2.49. The number of benzene rings is 1. The predicted molar refractivity (Wildman–Crippen MR) is 107 cm³/mol. The van der Waals surface area contributed by atoms with Crippen LogP contribution in [0.1, 0.15) is 23.2 Å². The van der Waals surface area contributed by atoms with Crippen molar-refractivity contribution in [1.82, 2.24) is 9.80 Å². The van der Waals surface area contributed by atoms with Crippen molar-refractivity contribution in [2.45, 2.75) is 18.9 Å². The molecule has 142 valence electrons. The summed E-state index contributed by atoms with van der Waals surface area (Å²) in [5.74, 6) is 2.71. The Morgan fingerprint density at radius 3 is 2.38 bits per heavy atom. The lowest BCUT2D eigenvalue weighted by molar-refractivity contribution is 0.0630. The topological polar surface area (TPSA) is 36.0 Å². The number of likely N-dealkylation sites (tertiary alicyclic amines) is 1. The highest BCUT2D eigenvalue weighted by atomic mass is 32.2. The predicted octanol–water partition coefficient (Wildman–Crippen LogP) is 2.18. The van der Waals surface area contributed by atoms with Crippen molar-refractivity contribution < 1.29 is 9.53 Å². The summed E-state index contributed by atoms with van der Waals surface area (Å²) in [7, 11) is 0. The molecule has 0 aromatic heterocycles. The number of carbonyl (C=O) groups is 1. The summed E-state index contributed by atoms with van der Waals surface area (Å²) >= 11 is 2.06. The molecule has 0 saturated carbocycles. The number of para-hydroxylation sites is 1. The first-order valence-electron chi connectivity index (χ1n) is 9.86. The van der Waals surface area contributed by atoms with Crippen LogP contribution in [0.25, 0.3) is 0 Å². The molecule has 0 radical (unpaired) electrons. The van der Waals surface area contributed by atoms with Gasteiger partial charge in [0.15, 0.2) is 0 Å². The van der Waals surface area contributed by atoms with Crippen molar-refractivity contribution >= 4 is 23.4 Å². The Kier molecular flexibility index (Phi) is 6.02.